The SMILES string of the molecule is O=C(NC(Cn1cncn1)c1ccccc1)NC1CCCCC1CO. The summed E-state index contributed by atoms with van der Waals surface area (Å²) < 4.78 is 1.70. The van der Waals surface area contributed by atoms with Gasteiger partial charge in [0.1, 0.15) is 12.7 Å². The Morgan fingerprint density at radius 2 is 2.08 bits per heavy atom. The Bertz CT molecular complexity index is 647. The molecule has 1 fully saturated rings. The quantitative estimate of drug-likeness (QED) is 0.747. The van der Waals surface area contributed by atoms with E-state index in [-0.39, 0.29) is 30.6 Å². The number of hydrogen-bond donors (Lipinski definition) is 3. The molecule has 7 nitrogen and oxygen atoms in total. The maximum atomic E-state index is 12.5. The summed E-state index contributed by atoms with van der Waals surface area (Å²) in [5.41, 5.74) is 1.01. The average Bonchev–Trinajstić information content (AvgIpc) is 3.15. The number of carbonyl (C=O) groups is 1. The van der Waals surface area contributed by atoms with Gasteiger partial charge < -0.3 is 15.7 Å². The molecule has 0 aliphatic heterocycles. The molecule has 3 N–H and O–H groups in total. The number of hydrogen-bond acceptors (Lipinski definition) is 4. The highest BCUT2D eigenvalue weighted by Gasteiger charge is 2.26. The normalized spacial score (nSPS) is 21.5. The van der Waals surface area contributed by atoms with Crippen LogP contribution in [0.25, 0.3) is 0 Å². The van der Waals surface area contributed by atoms with Crippen molar-refractivity contribution in [1.29, 1.82) is 0 Å². The predicted molar refractivity (Wildman–Crippen MR) is 93.7 cm³/mol. The van der Waals surface area contributed by atoms with Gasteiger partial charge in [0.05, 0.1) is 12.6 Å². The third-order valence-corrected chi connectivity index (χ3v) is 4.80. The second-order valence-electron chi connectivity index (χ2n) is 6.53. The molecule has 1 aliphatic carbocycles. The van der Waals surface area contributed by atoms with Gasteiger partial charge in [0, 0.05) is 18.6 Å². The molecule has 0 bridgehead atoms. The molecule has 1 saturated carbocycles. The van der Waals surface area contributed by atoms with E-state index in [0.29, 0.717) is 6.54 Å². The molecule has 3 unspecified atom stereocenters. The Labute approximate surface area is 147 Å². The van der Waals surface area contributed by atoms with Crippen molar-refractivity contribution < 1.29 is 9.90 Å². The fourth-order valence-electron chi connectivity index (χ4n) is 3.42. The molecule has 0 spiro atoms. The maximum Gasteiger partial charge on any atom is 0.315 e. The van der Waals surface area contributed by atoms with Gasteiger partial charge in [-0.1, -0.05) is 43.2 Å². The van der Waals surface area contributed by atoms with Crippen LogP contribution >= 0.6 is 0 Å². The van der Waals surface area contributed by atoms with Crippen molar-refractivity contribution in [3.8, 4) is 0 Å². The van der Waals surface area contributed by atoms with E-state index in [0.717, 1.165) is 31.2 Å². The van der Waals surface area contributed by atoms with Gasteiger partial charge in [-0.2, -0.15) is 5.10 Å². The molecule has 1 aromatic carbocycles. The molecular weight excluding hydrogens is 318 g/mol. The maximum absolute atomic E-state index is 12.5. The molecule has 134 valence electrons. The van der Waals surface area contributed by atoms with Gasteiger partial charge >= 0.3 is 6.03 Å². The van der Waals surface area contributed by atoms with Crippen molar-refractivity contribution in [2.45, 2.75) is 44.3 Å². The molecule has 2 amide bonds. The minimum absolute atomic E-state index is 0.0292. The highest BCUT2D eigenvalue weighted by Crippen LogP contribution is 2.24. The van der Waals surface area contributed by atoms with E-state index in [2.05, 4.69) is 20.7 Å². The summed E-state index contributed by atoms with van der Waals surface area (Å²) >= 11 is 0. The monoisotopic (exact) mass is 343 g/mol. The molecule has 3 atom stereocenters. The van der Waals surface area contributed by atoms with Crippen LogP contribution in [-0.4, -0.2) is 38.6 Å². The number of aliphatic hydroxyl groups is 1. The Morgan fingerprint density at radius 1 is 1.28 bits per heavy atom. The van der Waals surface area contributed by atoms with Crippen molar-refractivity contribution >= 4 is 6.03 Å². The third-order valence-electron chi connectivity index (χ3n) is 4.80. The smallest absolute Gasteiger partial charge is 0.315 e. The number of aliphatic hydroxyl groups excluding tert-OH is 1. The molecule has 0 radical (unpaired) electrons. The fourth-order valence-corrected chi connectivity index (χ4v) is 3.42. The number of urea groups is 1. The number of benzene rings is 1. The Morgan fingerprint density at radius 3 is 2.80 bits per heavy atom. The van der Waals surface area contributed by atoms with Gasteiger partial charge in [0.25, 0.3) is 0 Å². The Hall–Kier alpha value is -2.41. The number of amides is 2. The third kappa shape index (κ3) is 4.79. The number of nitrogens with zero attached hydrogens (tertiary/aromatic N) is 3. The van der Waals surface area contributed by atoms with Crippen LogP contribution in [0.2, 0.25) is 0 Å². The standard InChI is InChI=1S/C18H25N5O2/c24-11-15-8-4-5-9-16(15)21-18(25)22-17(10-23-13-19-12-20-23)14-6-2-1-3-7-14/h1-3,6-7,12-13,15-17,24H,4-5,8-11H2,(H2,21,22,25). The second-order valence-corrected chi connectivity index (χ2v) is 6.53. The lowest BCUT2D eigenvalue weighted by Crippen LogP contribution is -2.48. The lowest BCUT2D eigenvalue weighted by Gasteiger charge is -2.31. The van der Waals surface area contributed by atoms with Gasteiger partial charge in [-0.15, -0.1) is 0 Å². The van der Waals surface area contributed by atoms with E-state index in [4.69, 9.17) is 0 Å². The minimum Gasteiger partial charge on any atom is -0.396 e. The molecular formula is C18H25N5O2. The highest BCUT2D eigenvalue weighted by atomic mass is 16.3. The van der Waals surface area contributed by atoms with Crippen molar-refractivity contribution in [2.24, 2.45) is 5.92 Å². The molecule has 1 heterocycles. The fraction of sp³-hybridized carbons (Fsp3) is 0.500. The summed E-state index contributed by atoms with van der Waals surface area (Å²) in [4.78, 5) is 16.5. The van der Waals surface area contributed by atoms with Crippen LogP contribution in [0.1, 0.15) is 37.3 Å². The van der Waals surface area contributed by atoms with Gasteiger partial charge in [-0.3, -0.25) is 4.68 Å². The van der Waals surface area contributed by atoms with Crippen molar-refractivity contribution in [3.05, 3.63) is 48.5 Å². The van der Waals surface area contributed by atoms with Crippen LogP contribution in [0.3, 0.4) is 0 Å². The molecule has 1 aliphatic rings. The van der Waals surface area contributed by atoms with E-state index in [9.17, 15) is 9.90 Å². The first kappa shape index (κ1) is 17.4. The Kier molecular flexibility index (Phi) is 6.00. The average molecular weight is 343 g/mol. The van der Waals surface area contributed by atoms with Gasteiger partial charge in [-0.05, 0) is 18.4 Å². The summed E-state index contributed by atoms with van der Waals surface area (Å²) in [6.45, 7) is 0.623. The molecule has 1 aromatic heterocycles. The number of carbonyl (C=O) groups excluding carboxylic acids is 1. The zero-order chi connectivity index (χ0) is 17.5. The Balaban J connectivity index is 1.65. The summed E-state index contributed by atoms with van der Waals surface area (Å²) in [5.74, 6) is 0.144. The van der Waals surface area contributed by atoms with E-state index in [1.165, 1.54) is 6.33 Å². The van der Waals surface area contributed by atoms with E-state index < -0.39 is 0 Å². The summed E-state index contributed by atoms with van der Waals surface area (Å²) in [6.07, 6.45) is 7.20. The molecule has 3 rings (SSSR count). The second kappa shape index (κ2) is 8.62. The largest absolute Gasteiger partial charge is 0.396 e. The van der Waals surface area contributed by atoms with Crippen molar-refractivity contribution in [1.82, 2.24) is 25.4 Å². The van der Waals surface area contributed by atoms with Gasteiger partial charge in [0.15, 0.2) is 0 Å². The van der Waals surface area contributed by atoms with Crippen LogP contribution in [0.5, 0.6) is 0 Å². The zero-order valence-corrected chi connectivity index (χ0v) is 14.2. The lowest BCUT2D eigenvalue weighted by molar-refractivity contribution is 0.153. The summed E-state index contributed by atoms with van der Waals surface area (Å²) in [6, 6.07) is 9.43. The van der Waals surface area contributed by atoms with Gasteiger partial charge in [-0.25, -0.2) is 9.78 Å². The number of nitrogens with one attached hydrogen (secondary N) is 2. The topological polar surface area (TPSA) is 92.1 Å². The predicted octanol–water partition coefficient (Wildman–Crippen LogP) is 1.87. The molecule has 0 saturated heterocycles. The van der Waals surface area contributed by atoms with Crippen molar-refractivity contribution in [3.63, 3.8) is 0 Å². The first-order chi connectivity index (χ1) is 12.3. The van der Waals surface area contributed by atoms with E-state index >= 15 is 0 Å². The molecule has 7 heteroatoms. The highest BCUT2D eigenvalue weighted by molar-refractivity contribution is 5.74. The first-order valence-electron chi connectivity index (χ1n) is 8.81. The zero-order valence-electron chi connectivity index (χ0n) is 14.2. The van der Waals surface area contributed by atoms with E-state index in [1.807, 2.05) is 30.3 Å². The van der Waals surface area contributed by atoms with Crippen LogP contribution in [0.4, 0.5) is 4.79 Å². The van der Waals surface area contributed by atoms with E-state index in [1.54, 1.807) is 11.0 Å². The van der Waals surface area contributed by atoms with Crippen LogP contribution in [0.15, 0.2) is 43.0 Å². The molecule has 2 aromatic rings. The number of rotatable bonds is 6. The summed E-state index contributed by atoms with van der Waals surface area (Å²) in [5, 5.41) is 19.7. The van der Waals surface area contributed by atoms with Gasteiger partial charge in [0.2, 0.25) is 0 Å². The first-order valence-corrected chi connectivity index (χ1v) is 8.81. The van der Waals surface area contributed by atoms with Crippen molar-refractivity contribution in [2.75, 3.05) is 6.61 Å². The minimum atomic E-state index is -0.209. The van der Waals surface area contributed by atoms with Crippen LogP contribution in [-0.2, 0) is 6.54 Å². The van der Waals surface area contributed by atoms with Crippen LogP contribution in [0, 0.1) is 5.92 Å². The number of aromatic nitrogens is 3. The lowest BCUT2D eigenvalue weighted by atomic mass is 9.85. The van der Waals surface area contributed by atoms with Crippen LogP contribution < -0.4 is 10.6 Å². The molecule has 25 heavy (non-hydrogen) atoms. The summed E-state index contributed by atoms with van der Waals surface area (Å²) in [7, 11) is 0.